The largest absolute Gasteiger partial charge is 0.494 e. The number of aryl methyl sites for hydroxylation is 1. The Labute approximate surface area is 105 Å². The minimum absolute atomic E-state index is 0.0895. The third kappa shape index (κ3) is 2.53. The van der Waals surface area contributed by atoms with E-state index in [9.17, 15) is 4.39 Å². The predicted octanol–water partition coefficient (Wildman–Crippen LogP) is 3.52. The van der Waals surface area contributed by atoms with Crippen molar-refractivity contribution in [2.45, 2.75) is 6.92 Å². The highest BCUT2D eigenvalue weighted by Crippen LogP contribution is 2.32. The highest BCUT2D eigenvalue weighted by Gasteiger charge is 2.10. The van der Waals surface area contributed by atoms with Gasteiger partial charge in [-0.2, -0.15) is 0 Å². The molecule has 2 aromatic rings. The maximum atomic E-state index is 13.7. The number of anilines is 1. The van der Waals surface area contributed by atoms with Crippen molar-refractivity contribution >= 4 is 5.69 Å². The minimum Gasteiger partial charge on any atom is -0.494 e. The molecule has 0 heterocycles. The van der Waals surface area contributed by atoms with Crippen LogP contribution in [-0.2, 0) is 0 Å². The van der Waals surface area contributed by atoms with Gasteiger partial charge in [0.2, 0.25) is 0 Å². The molecule has 0 aromatic heterocycles. The molecule has 18 heavy (non-hydrogen) atoms. The van der Waals surface area contributed by atoms with Crippen LogP contribution in [0.3, 0.4) is 0 Å². The van der Waals surface area contributed by atoms with E-state index in [0.717, 1.165) is 5.56 Å². The van der Waals surface area contributed by atoms with Crippen LogP contribution in [0, 0.1) is 12.7 Å². The van der Waals surface area contributed by atoms with Crippen LogP contribution in [0.5, 0.6) is 17.2 Å². The maximum absolute atomic E-state index is 13.7. The van der Waals surface area contributed by atoms with E-state index in [4.69, 9.17) is 15.2 Å². The lowest BCUT2D eigenvalue weighted by Crippen LogP contribution is -1.96. The van der Waals surface area contributed by atoms with Crippen LogP contribution in [0.25, 0.3) is 0 Å². The Morgan fingerprint density at radius 2 is 1.89 bits per heavy atom. The molecule has 0 aliphatic rings. The summed E-state index contributed by atoms with van der Waals surface area (Å²) in [6.45, 7) is 1.94. The van der Waals surface area contributed by atoms with Gasteiger partial charge in [0.05, 0.1) is 12.8 Å². The highest BCUT2D eigenvalue weighted by atomic mass is 19.1. The lowest BCUT2D eigenvalue weighted by atomic mass is 10.2. The van der Waals surface area contributed by atoms with Gasteiger partial charge in [-0.05, 0) is 24.6 Å². The van der Waals surface area contributed by atoms with Crippen molar-refractivity contribution in [3.05, 3.63) is 47.8 Å². The molecule has 2 N–H and O–H groups in total. The molecule has 0 saturated carbocycles. The Hall–Kier alpha value is -2.23. The van der Waals surface area contributed by atoms with Crippen LogP contribution in [0.2, 0.25) is 0 Å². The zero-order valence-corrected chi connectivity index (χ0v) is 10.2. The number of halogens is 1. The summed E-state index contributed by atoms with van der Waals surface area (Å²) in [5.74, 6) is 0.529. The van der Waals surface area contributed by atoms with E-state index in [2.05, 4.69) is 0 Å². The standard InChI is InChI=1S/C14H14FNO2/c1-9-4-3-5-10(6-9)18-13-8-14(17-2)12(16)7-11(13)15/h3-8H,16H2,1-2H3. The smallest absolute Gasteiger partial charge is 0.168 e. The first-order chi connectivity index (χ1) is 8.60. The van der Waals surface area contributed by atoms with Crippen molar-refractivity contribution < 1.29 is 13.9 Å². The molecule has 0 fully saturated rings. The molecule has 0 bridgehead atoms. The number of methoxy groups -OCH3 is 1. The third-order valence-electron chi connectivity index (χ3n) is 2.50. The Morgan fingerprint density at radius 1 is 1.11 bits per heavy atom. The van der Waals surface area contributed by atoms with Gasteiger partial charge in [0.25, 0.3) is 0 Å². The predicted molar refractivity (Wildman–Crippen MR) is 68.6 cm³/mol. The zero-order valence-electron chi connectivity index (χ0n) is 10.2. The summed E-state index contributed by atoms with van der Waals surface area (Å²) in [5.41, 5.74) is 6.88. The summed E-state index contributed by atoms with van der Waals surface area (Å²) in [7, 11) is 1.47. The summed E-state index contributed by atoms with van der Waals surface area (Å²) in [4.78, 5) is 0. The van der Waals surface area contributed by atoms with Gasteiger partial charge in [0, 0.05) is 12.1 Å². The normalized spacial score (nSPS) is 10.2. The molecule has 0 spiro atoms. The fourth-order valence-corrected chi connectivity index (χ4v) is 1.61. The Kier molecular flexibility index (Phi) is 3.37. The fraction of sp³-hybridized carbons (Fsp3) is 0.143. The Morgan fingerprint density at radius 3 is 2.56 bits per heavy atom. The lowest BCUT2D eigenvalue weighted by molar-refractivity contribution is 0.403. The van der Waals surface area contributed by atoms with E-state index < -0.39 is 5.82 Å². The van der Waals surface area contributed by atoms with Crippen molar-refractivity contribution in [1.29, 1.82) is 0 Å². The van der Waals surface area contributed by atoms with Gasteiger partial charge in [-0.25, -0.2) is 4.39 Å². The molecule has 0 radical (unpaired) electrons. The SMILES string of the molecule is COc1cc(Oc2cccc(C)c2)c(F)cc1N. The van der Waals surface area contributed by atoms with Crippen molar-refractivity contribution in [3.8, 4) is 17.2 Å². The van der Waals surface area contributed by atoms with Gasteiger partial charge in [-0.15, -0.1) is 0 Å². The van der Waals surface area contributed by atoms with Crippen LogP contribution in [0.4, 0.5) is 10.1 Å². The molecule has 0 saturated heterocycles. The summed E-state index contributed by atoms with van der Waals surface area (Å²) >= 11 is 0. The number of nitrogens with two attached hydrogens (primary N) is 1. The summed E-state index contributed by atoms with van der Waals surface area (Å²) in [5, 5.41) is 0. The van der Waals surface area contributed by atoms with Crippen LogP contribution in [0.1, 0.15) is 5.56 Å². The van der Waals surface area contributed by atoms with Crippen molar-refractivity contribution in [3.63, 3.8) is 0 Å². The molecule has 0 unspecified atom stereocenters. The van der Waals surface area contributed by atoms with Crippen molar-refractivity contribution in [1.82, 2.24) is 0 Å². The van der Waals surface area contributed by atoms with Crippen LogP contribution < -0.4 is 15.2 Å². The second-order valence-electron chi connectivity index (χ2n) is 3.94. The molecule has 94 valence electrons. The van der Waals surface area contributed by atoms with Gasteiger partial charge >= 0.3 is 0 Å². The molecule has 0 amide bonds. The fourth-order valence-electron chi connectivity index (χ4n) is 1.61. The Bertz CT molecular complexity index is 570. The third-order valence-corrected chi connectivity index (χ3v) is 2.50. The van der Waals surface area contributed by atoms with Crippen LogP contribution in [0.15, 0.2) is 36.4 Å². The van der Waals surface area contributed by atoms with E-state index in [1.54, 1.807) is 6.07 Å². The first kappa shape index (κ1) is 12.2. The highest BCUT2D eigenvalue weighted by molar-refractivity contribution is 5.56. The van der Waals surface area contributed by atoms with E-state index in [-0.39, 0.29) is 11.4 Å². The van der Waals surface area contributed by atoms with E-state index in [1.165, 1.54) is 19.2 Å². The topological polar surface area (TPSA) is 44.5 Å². The minimum atomic E-state index is -0.519. The number of hydrogen-bond acceptors (Lipinski definition) is 3. The molecule has 3 nitrogen and oxygen atoms in total. The molecule has 4 heteroatoms. The number of benzene rings is 2. The maximum Gasteiger partial charge on any atom is 0.168 e. The lowest BCUT2D eigenvalue weighted by Gasteiger charge is -2.10. The van der Waals surface area contributed by atoms with Crippen LogP contribution in [-0.4, -0.2) is 7.11 Å². The summed E-state index contributed by atoms with van der Waals surface area (Å²) in [6, 6.07) is 9.98. The Balaban J connectivity index is 2.34. The van der Waals surface area contributed by atoms with Gasteiger partial charge in [0.15, 0.2) is 11.6 Å². The molecular formula is C14H14FNO2. The second-order valence-corrected chi connectivity index (χ2v) is 3.94. The molecule has 2 rings (SSSR count). The quantitative estimate of drug-likeness (QED) is 0.844. The van der Waals surface area contributed by atoms with E-state index in [0.29, 0.717) is 11.5 Å². The number of nitrogen functional groups attached to an aromatic ring is 1. The molecular weight excluding hydrogens is 233 g/mol. The number of rotatable bonds is 3. The van der Waals surface area contributed by atoms with Gasteiger partial charge in [0.1, 0.15) is 11.5 Å². The average Bonchev–Trinajstić information content (AvgIpc) is 2.33. The average molecular weight is 247 g/mol. The van der Waals surface area contributed by atoms with E-state index in [1.807, 2.05) is 25.1 Å². The number of hydrogen-bond donors (Lipinski definition) is 1. The van der Waals surface area contributed by atoms with Gasteiger partial charge in [-0.3, -0.25) is 0 Å². The first-order valence-electron chi connectivity index (χ1n) is 5.47. The first-order valence-corrected chi connectivity index (χ1v) is 5.47. The molecule has 0 aliphatic heterocycles. The van der Waals surface area contributed by atoms with Crippen molar-refractivity contribution in [2.75, 3.05) is 12.8 Å². The van der Waals surface area contributed by atoms with Crippen LogP contribution >= 0.6 is 0 Å². The van der Waals surface area contributed by atoms with Crippen molar-refractivity contribution in [2.24, 2.45) is 0 Å². The second kappa shape index (κ2) is 4.96. The van der Waals surface area contributed by atoms with E-state index >= 15 is 0 Å². The zero-order chi connectivity index (χ0) is 13.1. The molecule has 0 atom stereocenters. The molecule has 0 aliphatic carbocycles. The van der Waals surface area contributed by atoms with Gasteiger partial charge in [-0.1, -0.05) is 12.1 Å². The summed E-state index contributed by atoms with van der Waals surface area (Å²) in [6.07, 6.45) is 0. The monoisotopic (exact) mass is 247 g/mol. The number of ether oxygens (including phenoxy) is 2. The molecule has 2 aromatic carbocycles. The van der Waals surface area contributed by atoms with Gasteiger partial charge < -0.3 is 15.2 Å². The summed E-state index contributed by atoms with van der Waals surface area (Å²) < 4.78 is 24.2.